The van der Waals surface area contributed by atoms with Gasteiger partial charge in [-0.3, -0.25) is 4.79 Å². The van der Waals surface area contributed by atoms with Crippen LogP contribution in [0.25, 0.3) is 0 Å². The smallest absolute Gasteiger partial charge is 0.252 e. The maximum atomic E-state index is 12.7. The zero-order chi connectivity index (χ0) is 18.7. The number of nitrogens with zero attached hydrogens (tertiary/aromatic N) is 1. The summed E-state index contributed by atoms with van der Waals surface area (Å²) in [5.41, 5.74) is 0.960. The number of carbonyl (C=O) groups excluding carboxylic acids is 1. The first kappa shape index (κ1) is 19.4. The molecule has 2 heterocycles. The van der Waals surface area contributed by atoms with E-state index in [0.717, 1.165) is 5.56 Å². The second-order valence-corrected chi connectivity index (χ2v) is 9.97. The van der Waals surface area contributed by atoms with Crippen LogP contribution in [-0.2, 0) is 14.8 Å². The Morgan fingerprint density at radius 1 is 1.31 bits per heavy atom. The zero-order valence-electron chi connectivity index (χ0n) is 14.4. The predicted molar refractivity (Wildman–Crippen MR) is 104 cm³/mol. The molecule has 3 rings (SSSR count). The van der Waals surface area contributed by atoms with Crippen LogP contribution in [0.1, 0.15) is 31.4 Å². The molecule has 1 aromatic carbocycles. The fourth-order valence-electron chi connectivity index (χ4n) is 3.08. The highest BCUT2D eigenvalue weighted by atomic mass is 35.5. The van der Waals surface area contributed by atoms with Crippen molar-refractivity contribution in [1.82, 2.24) is 9.62 Å². The molecule has 0 bridgehead atoms. The summed E-state index contributed by atoms with van der Waals surface area (Å²) in [7, 11) is -3.51. The second-order valence-electron chi connectivity index (χ2n) is 6.42. The van der Waals surface area contributed by atoms with Gasteiger partial charge in [0, 0.05) is 18.1 Å². The number of carbonyl (C=O) groups is 1. The topological polar surface area (TPSA) is 66.5 Å². The number of benzene rings is 1. The lowest BCUT2D eigenvalue weighted by Gasteiger charge is -2.31. The maximum Gasteiger partial charge on any atom is 0.252 e. The summed E-state index contributed by atoms with van der Waals surface area (Å²) < 4.78 is 27.1. The van der Waals surface area contributed by atoms with E-state index in [9.17, 15) is 13.2 Å². The molecule has 1 fully saturated rings. The molecule has 0 aliphatic carbocycles. The fourth-order valence-corrected chi connectivity index (χ4v) is 5.87. The molecule has 0 unspecified atom stereocenters. The van der Waals surface area contributed by atoms with Crippen molar-refractivity contribution in [1.29, 1.82) is 0 Å². The van der Waals surface area contributed by atoms with E-state index >= 15 is 0 Å². The molecule has 0 saturated carbocycles. The van der Waals surface area contributed by atoms with E-state index in [1.165, 1.54) is 15.6 Å². The average molecular weight is 413 g/mol. The first-order valence-corrected chi connectivity index (χ1v) is 11.2. The molecule has 1 aliphatic heterocycles. The number of piperidine rings is 1. The molecule has 5 nitrogen and oxygen atoms in total. The van der Waals surface area contributed by atoms with Gasteiger partial charge in [-0.15, -0.1) is 11.3 Å². The lowest BCUT2D eigenvalue weighted by molar-refractivity contribution is -0.126. The summed E-state index contributed by atoms with van der Waals surface area (Å²) in [5.74, 6) is -0.452. The zero-order valence-corrected chi connectivity index (χ0v) is 16.8. The standard InChI is InChI=1S/C18H21ClN2O3S2/c1-13(14-6-8-16(19)9-7-14)20-18(22)15-4-2-10-21(12-15)26(23,24)17-5-3-11-25-17/h3,5-9,11,13,15H,2,4,10,12H2,1H3,(H,20,22)/t13-,15-/m0/s1. The van der Waals surface area contributed by atoms with Crippen LogP contribution in [0.3, 0.4) is 0 Å². The number of amides is 1. The highest BCUT2D eigenvalue weighted by Gasteiger charge is 2.34. The Kier molecular flexibility index (Phi) is 6.02. The van der Waals surface area contributed by atoms with E-state index in [1.54, 1.807) is 29.6 Å². The monoisotopic (exact) mass is 412 g/mol. The van der Waals surface area contributed by atoms with E-state index in [0.29, 0.717) is 28.6 Å². The predicted octanol–water partition coefficient (Wildman–Crippen LogP) is 3.68. The Bertz CT molecular complexity index is 851. The maximum absolute atomic E-state index is 12.7. The van der Waals surface area contributed by atoms with E-state index in [4.69, 9.17) is 11.6 Å². The van der Waals surface area contributed by atoms with E-state index in [-0.39, 0.29) is 24.4 Å². The van der Waals surface area contributed by atoms with Crippen LogP contribution in [0.5, 0.6) is 0 Å². The normalized spacial score (nSPS) is 19.8. The van der Waals surface area contributed by atoms with Gasteiger partial charge in [0.15, 0.2) is 0 Å². The van der Waals surface area contributed by atoms with Gasteiger partial charge in [0.25, 0.3) is 10.0 Å². The first-order chi connectivity index (χ1) is 12.4. The molecule has 8 heteroatoms. The minimum atomic E-state index is -3.51. The Balaban J connectivity index is 1.65. The summed E-state index contributed by atoms with van der Waals surface area (Å²) in [6.45, 7) is 2.58. The van der Waals surface area contributed by atoms with E-state index in [2.05, 4.69) is 5.32 Å². The van der Waals surface area contributed by atoms with Gasteiger partial charge >= 0.3 is 0 Å². The summed E-state index contributed by atoms with van der Waals surface area (Å²) in [4.78, 5) is 12.7. The second kappa shape index (κ2) is 8.08. The third-order valence-electron chi connectivity index (χ3n) is 4.57. The fraction of sp³-hybridized carbons (Fsp3) is 0.389. The van der Waals surface area contributed by atoms with Gasteiger partial charge in [0.1, 0.15) is 4.21 Å². The van der Waals surface area contributed by atoms with Crippen molar-refractivity contribution in [3.05, 3.63) is 52.4 Å². The molecule has 1 aliphatic rings. The van der Waals surface area contributed by atoms with Gasteiger partial charge in [0.2, 0.25) is 5.91 Å². The van der Waals surface area contributed by atoms with Crippen LogP contribution in [0, 0.1) is 5.92 Å². The summed E-state index contributed by atoms with van der Waals surface area (Å²) in [6, 6.07) is 10.5. The number of nitrogens with one attached hydrogen (secondary N) is 1. The van der Waals surface area contributed by atoms with E-state index < -0.39 is 10.0 Å². The molecule has 2 atom stereocenters. The molecular formula is C18H21ClN2O3S2. The number of hydrogen-bond acceptors (Lipinski definition) is 4. The van der Waals surface area contributed by atoms with Crippen molar-refractivity contribution in [2.75, 3.05) is 13.1 Å². The van der Waals surface area contributed by atoms with Crippen LogP contribution in [0.2, 0.25) is 5.02 Å². The van der Waals surface area contributed by atoms with Crippen molar-refractivity contribution in [3.63, 3.8) is 0 Å². The molecule has 1 saturated heterocycles. The minimum Gasteiger partial charge on any atom is -0.349 e. The van der Waals surface area contributed by atoms with Crippen LogP contribution < -0.4 is 5.32 Å². The molecule has 2 aromatic rings. The van der Waals surface area contributed by atoms with Gasteiger partial charge in [0.05, 0.1) is 12.0 Å². The highest BCUT2D eigenvalue weighted by molar-refractivity contribution is 7.91. The molecular weight excluding hydrogens is 392 g/mol. The van der Waals surface area contributed by atoms with Crippen LogP contribution in [0.4, 0.5) is 0 Å². The van der Waals surface area contributed by atoms with Crippen molar-refractivity contribution in [3.8, 4) is 0 Å². The lowest BCUT2D eigenvalue weighted by atomic mass is 9.98. The third kappa shape index (κ3) is 4.28. The largest absolute Gasteiger partial charge is 0.349 e. The van der Waals surface area contributed by atoms with Gasteiger partial charge in [-0.2, -0.15) is 4.31 Å². The highest BCUT2D eigenvalue weighted by Crippen LogP contribution is 2.27. The van der Waals surface area contributed by atoms with E-state index in [1.807, 2.05) is 19.1 Å². The molecule has 26 heavy (non-hydrogen) atoms. The molecule has 0 radical (unpaired) electrons. The van der Waals surface area contributed by atoms with Gasteiger partial charge in [-0.1, -0.05) is 29.8 Å². The van der Waals surface area contributed by atoms with Crippen LogP contribution in [-0.4, -0.2) is 31.7 Å². The van der Waals surface area contributed by atoms with Crippen molar-refractivity contribution >= 4 is 38.9 Å². The third-order valence-corrected chi connectivity index (χ3v) is 8.06. The summed E-state index contributed by atoms with van der Waals surface area (Å²) >= 11 is 7.10. The molecule has 1 aromatic heterocycles. The Morgan fingerprint density at radius 2 is 2.04 bits per heavy atom. The summed E-state index contributed by atoms with van der Waals surface area (Å²) in [5, 5.41) is 5.38. The van der Waals surface area contributed by atoms with Gasteiger partial charge in [-0.25, -0.2) is 8.42 Å². The van der Waals surface area contributed by atoms with Gasteiger partial charge < -0.3 is 5.32 Å². The Morgan fingerprint density at radius 3 is 2.69 bits per heavy atom. The number of hydrogen-bond donors (Lipinski definition) is 1. The SMILES string of the molecule is C[C@H](NC(=O)[C@H]1CCCN(S(=O)(=O)c2cccs2)C1)c1ccc(Cl)cc1. The number of thiophene rings is 1. The molecule has 0 spiro atoms. The molecule has 140 valence electrons. The van der Waals surface area contributed by atoms with Gasteiger partial charge in [-0.05, 0) is 48.9 Å². The quantitative estimate of drug-likeness (QED) is 0.814. The lowest BCUT2D eigenvalue weighted by Crippen LogP contribution is -2.45. The number of sulfonamides is 1. The minimum absolute atomic E-state index is 0.112. The van der Waals surface area contributed by atoms with Crippen molar-refractivity contribution in [2.24, 2.45) is 5.92 Å². The number of rotatable bonds is 5. The Hall–Kier alpha value is -1.41. The van der Waals surface area contributed by atoms with Crippen LogP contribution in [0.15, 0.2) is 46.0 Å². The number of halogens is 1. The summed E-state index contributed by atoms with van der Waals surface area (Å²) in [6.07, 6.45) is 1.37. The average Bonchev–Trinajstić information content (AvgIpc) is 3.18. The molecule has 1 N–H and O–H groups in total. The molecule has 1 amide bonds. The van der Waals surface area contributed by atoms with Crippen LogP contribution >= 0.6 is 22.9 Å². The Labute approximate surface area is 163 Å². The first-order valence-electron chi connectivity index (χ1n) is 8.47. The van der Waals surface area contributed by atoms with Crippen molar-refractivity contribution < 1.29 is 13.2 Å². The van der Waals surface area contributed by atoms with Crippen molar-refractivity contribution in [2.45, 2.75) is 30.0 Å².